The first-order chi connectivity index (χ1) is 15.3. The molecule has 0 spiro atoms. The molecule has 7 nitrogen and oxygen atoms in total. The van der Waals surface area contributed by atoms with Gasteiger partial charge in [0.15, 0.2) is 0 Å². The highest BCUT2D eigenvalue weighted by Crippen LogP contribution is 2.32. The maximum Gasteiger partial charge on any atom is 0.337 e. The minimum Gasteiger partial charge on any atom is -0.478 e. The highest BCUT2D eigenvalue weighted by Gasteiger charge is 2.24. The van der Waals surface area contributed by atoms with Crippen molar-refractivity contribution in [3.63, 3.8) is 0 Å². The molecule has 168 valence electrons. The summed E-state index contributed by atoms with van der Waals surface area (Å²) in [4.78, 5) is 15.6. The van der Waals surface area contributed by atoms with Crippen molar-refractivity contribution in [2.24, 2.45) is 0 Å². The van der Waals surface area contributed by atoms with Crippen LogP contribution in [0.15, 0.2) is 71.9 Å². The molecule has 0 aliphatic rings. The summed E-state index contributed by atoms with van der Waals surface area (Å²) in [5.41, 5.74) is 1.80. The lowest BCUT2D eigenvalue weighted by Crippen LogP contribution is -2.24. The van der Waals surface area contributed by atoms with E-state index in [9.17, 15) is 18.3 Å². The number of aromatic nitrogens is 1. The van der Waals surface area contributed by atoms with Crippen LogP contribution in [0.1, 0.15) is 47.3 Å². The van der Waals surface area contributed by atoms with Gasteiger partial charge in [0.25, 0.3) is 0 Å². The fourth-order valence-corrected chi connectivity index (χ4v) is 4.87. The van der Waals surface area contributed by atoms with Gasteiger partial charge >= 0.3 is 5.97 Å². The maximum atomic E-state index is 12.8. The first-order valence-corrected chi connectivity index (χ1v) is 11.9. The third kappa shape index (κ3) is 5.85. The SMILES string of the molecule is CCCC(Nc1cc(Cl)c(S(=O)(=O)NCc2ccncc2)cc1C(=O)O)c1ccccc1. The van der Waals surface area contributed by atoms with Gasteiger partial charge in [-0.05, 0) is 41.8 Å². The maximum absolute atomic E-state index is 12.8. The summed E-state index contributed by atoms with van der Waals surface area (Å²) in [5, 5.41) is 12.9. The van der Waals surface area contributed by atoms with Crippen molar-refractivity contribution in [3.05, 3.63) is 88.7 Å². The predicted molar refractivity (Wildman–Crippen MR) is 124 cm³/mol. The van der Waals surface area contributed by atoms with Gasteiger partial charge in [0.1, 0.15) is 4.90 Å². The van der Waals surface area contributed by atoms with E-state index in [1.165, 1.54) is 6.07 Å². The zero-order chi connectivity index (χ0) is 23.1. The van der Waals surface area contributed by atoms with E-state index >= 15 is 0 Å². The molecule has 3 rings (SSSR count). The largest absolute Gasteiger partial charge is 0.478 e. The van der Waals surface area contributed by atoms with E-state index in [1.54, 1.807) is 24.5 Å². The number of benzene rings is 2. The van der Waals surface area contributed by atoms with Gasteiger partial charge in [-0.3, -0.25) is 4.98 Å². The van der Waals surface area contributed by atoms with Crippen molar-refractivity contribution in [3.8, 4) is 0 Å². The topological polar surface area (TPSA) is 108 Å². The van der Waals surface area contributed by atoms with Crippen molar-refractivity contribution < 1.29 is 18.3 Å². The number of aromatic carboxylic acids is 1. The fraction of sp³-hybridized carbons (Fsp3) is 0.217. The number of halogens is 1. The number of sulfonamides is 1. The molecule has 1 heterocycles. The summed E-state index contributed by atoms with van der Waals surface area (Å²) in [6.07, 6.45) is 4.74. The third-order valence-corrected chi connectivity index (χ3v) is 6.78. The van der Waals surface area contributed by atoms with Crippen LogP contribution in [0, 0.1) is 0 Å². The van der Waals surface area contributed by atoms with Gasteiger partial charge in [-0.25, -0.2) is 17.9 Å². The summed E-state index contributed by atoms with van der Waals surface area (Å²) in [7, 11) is -4.05. The lowest BCUT2D eigenvalue weighted by molar-refractivity contribution is 0.0697. The van der Waals surface area contributed by atoms with Crippen molar-refractivity contribution in [2.45, 2.75) is 37.2 Å². The second kappa shape index (κ2) is 10.6. The second-order valence-electron chi connectivity index (χ2n) is 7.21. The van der Waals surface area contributed by atoms with E-state index < -0.39 is 16.0 Å². The number of anilines is 1. The Labute approximate surface area is 192 Å². The van der Waals surface area contributed by atoms with Gasteiger partial charge in [0.05, 0.1) is 22.3 Å². The van der Waals surface area contributed by atoms with Gasteiger partial charge in [-0.1, -0.05) is 55.3 Å². The number of carboxylic acids is 1. The molecule has 0 aliphatic heterocycles. The molecule has 32 heavy (non-hydrogen) atoms. The molecular formula is C23H24ClN3O4S. The van der Waals surface area contributed by atoms with Crippen LogP contribution in [0.3, 0.4) is 0 Å². The molecule has 0 amide bonds. The molecule has 3 N–H and O–H groups in total. The van der Waals surface area contributed by atoms with Crippen LogP contribution in [0.5, 0.6) is 0 Å². The van der Waals surface area contributed by atoms with E-state index in [0.29, 0.717) is 5.56 Å². The van der Waals surface area contributed by atoms with Crippen LogP contribution in [-0.2, 0) is 16.6 Å². The zero-order valence-electron chi connectivity index (χ0n) is 17.5. The quantitative estimate of drug-likeness (QED) is 0.388. The first kappa shape index (κ1) is 23.7. The van der Waals surface area contributed by atoms with E-state index in [4.69, 9.17) is 11.6 Å². The lowest BCUT2D eigenvalue weighted by atomic mass is 10.0. The molecule has 0 saturated heterocycles. The Bertz CT molecular complexity index is 1170. The summed E-state index contributed by atoms with van der Waals surface area (Å²) in [5.74, 6) is -1.25. The van der Waals surface area contributed by atoms with E-state index in [1.807, 2.05) is 37.3 Å². The molecule has 3 aromatic rings. The minimum absolute atomic E-state index is 0.0240. The Hall–Kier alpha value is -2.94. The van der Waals surface area contributed by atoms with Crippen LogP contribution in [0.25, 0.3) is 0 Å². The zero-order valence-corrected chi connectivity index (χ0v) is 19.0. The Kier molecular flexibility index (Phi) is 7.84. The second-order valence-corrected chi connectivity index (χ2v) is 9.35. The molecule has 2 aromatic carbocycles. The first-order valence-electron chi connectivity index (χ1n) is 10.1. The molecule has 0 radical (unpaired) electrons. The van der Waals surface area contributed by atoms with Gasteiger partial charge in [0, 0.05) is 18.9 Å². The summed E-state index contributed by atoms with van der Waals surface area (Å²) >= 11 is 6.32. The van der Waals surface area contributed by atoms with Crippen molar-refractivity contribution in [1.29, 1.82) is 0 Å². The summed E-state index contributed by atoms with van der Waals surface area (Å²) in [6, 6.07) is 15.3. The Morgan fingerprint density at radius 2 is 1.81 bits per heavy atom. The fourth-order valence-electron chi connectivity index (χ4n) is 3.30. The molecular weight excluding hydrogens is 450 g/mol. The molecule has 0 saturated carbocycles. The monoisotopic (exact) mass is 473 g/mol. The minimum atomic E-state index is -4.05. The number of hydrogen-bond acceptors (Lipinski definition) is 5. The number of carbonyl (C=O) groups is 1. The van der Waals surface area contributed by atoms with Gasteiger partial charge in [-0.15, -0.1) is 0 Å². The highest BCUT2D eigenvalue weighted by molar-refractivity contribution is 7.89. The number of carboxylic acid groups (broad SMARTS) is 1. The normalized spacial score (nSPS) is 12.3. The van der Waals surface area contributed by atoms with Crippen LogP contribution >= 0.6 is 11.6 Å². The van der Waals surface area contributed by atoms with E-state index in [2.05, 4.69) is 15.0 Å². The van der Waals surface area contributed by atoms with Crippen LogP contribution < -0.4 is 10.0 Å². The van der Waals surface area contributed by atoms with Crippen LogP contribution in [-0.4, -0.2) is 24.5 Å². The van der Waals surface area contributed by atoms with E-state index in [-0.39, 0.29) is 33.8 Å². The number of hydrogen-bond donors (Lipinski definition) is 3. The smallest absolute Gasteiger partial charge is 0.337 e. The average Bonchev–Trinajstić information content (AvgIpc) is 2.78. The van der Waals surface area contributed by atoms with E-state index in [0.717, 1.165) is 24.5 Å². The number of rotatable bonds is 10. The standard InChI is InChI=1S/C23H24ClN3O4S/c1-2-6-20(17-7-4-3-5-8-17)27-21-14-19(24)22(13-18(21)23(28)29)32(30,31)26-15-16-9-11-25-12-10-16/h3-5,7-14,20,26-27H,2,6,15H2,1H3,(H,28,29). The molecule has 0 fully saturated rings. The Balaban J connectivity index is 1.92. The van der Waals surface area contributed by atoms with Gasteiger partial charge in [0.2, 0.25) is 10.0 Å². The highest BCUT2D eigenvalue weighted by atomic mass is 35.5. The number of nitrogens with one attached hydrogen (secondary N) is 2. The van der Waals surface area contributed by atoms with Gasteiger partial charge in [-0.2, -0.15) is 0 Å². The molecule has 0 aliphatic carbocycles. The molecule has 9 heteroatoms. The van der Waals surface area contributed by atoms with Crippen LogP contribution in [0.4, 0.5) is 5.69 Å². The summed E-state index contributed by atoms with van der Waals surface area (Å²) < 4.78 is 28.1. The molecule has 1 aromatic heterocycles. The predicted octanol–water partition coefficient (Wildman–Crippen LogP) is 4.87. The summed E-state index contributed by atoms with van der Waals surface area (Å²) in [6.45, 7) is 2.06. The number of pyridine rings is 1. The van der Waals surface area contributed by atoms with Crippen LogP contribution in [0.2, 0.25) is 5.02 Å². The van der Waals surface area contributed by atoms with Crippen molar-refractivity contribution in [2.75, 3.05) is 5.32 Å². The molecule has 0 bridgehead atoms. The average molecular weight is 474 g/mol. The van der Waals surface area contributed by atoms with Crippen molar-refractivity contribution in [1.82, 2.24) is 9.71 Å². The molecule has 1 atom stereocenters. The van der Waals surface area contributed by atoms with Crippen molar-refractivity contribution >= 4 is 33.3 Å². The Morgan fingerprint density at radius 3 is 2.44 bits per heavy atom. The molecule has 1 unspecified atom stereocenters. The lowest BCUT2D eigenvalue weighted by Gasteiger charge is -2.22. The Morgan fingerprint density at radius 1 is 1.12 bits per heavy atom. The number of nitrogens with zero attached hydrogens (tertiary/aromatic N) is 1. The third-order valence-electron chi connectivity index (χ3n) is 4.92. The van der Waals surface area contributed by atoms with Gasteiger partial charge < -0.3 is 10.4 Å².